The predicted octanol–water partition coefficient (Wildman–Crippen LogP) is 4.47. The van der Waals surface area contributed by atoms with Gasteiger partial charge in [0.25, 0.3) is 5.56 Å². The van der Waals surface area contributed by atoms with Crippen molar-refractivity contribution in [1.29, 1.82) is 0 Å². The van der Waals surface area contributed by atoms with Crippen molar-refractivity contribution in [1.82, 2.24) is 14.5 Å². The summed E-state index contributed by atoms with van der Waals surface area (Å²) in [5.41, 5.74) is 1.56. The van der Waals surface area contributed by atoms with E-state index in [-0.39, 0.29) is 18.0 Å². The lowest BCUT2D eigenvalue weighted by Crippen LogP contribution is -2.34. The van der Waals surface area contributed by atoms with Gasteiger partial charge in [-0.25, -0.2) is 4.98 Å². The zero-order valence-electron chi connectivity index (χ0n) is 17.9. The molecule has 0 spiro atoms. The molecule has 0 unspecified atom stereocenters. The van der Waals surface area contributed by atoms with Crippen LogP contribution >= 0.6 is 22.9 Å². The largest absolute Gasteiger partial charge is 0.323 e. The summed E-state index contributed by atoms with van der Waals surface area (Å²) in [5, 5.41) is 4.00. The molecule has 8 heteroatoms. The topological polar surface area (TPSA) is 67.2 Å². The van der Waals surface area contributed by atoms with Crippen molar-refractivity contribution >= 4 is 44.7 Å². The van der Waals surface area contributed by atoms with Crippen molar-refractivity contribution in [2.75, 3.05) is 18.4 Å². The number of hydrogen-bond acceptors (Lipinski definition) is 5. The molecule has 3 aromatic rings. The summed E-state index contributed by atoms with van der Waals surface area (Å²) >= 11 is 7.82. The van der Waals surface area contributed by atoms with E-state index in [1.165, 1.54) is 4.88 Å². The molecular formula is C23H27ClN4O2S. The van der Waals surface area contributed by atoms with Gasteiger partial charge >= 0.3 is 0 Å². The molecule has 0 aliphatic heterocycles. The van der Waals surface area contributed by atoms with Crippen molar-refractivity contribution in [2.24, 2.45) is 0 Å². The number of fused-ring (bicyclic) bond motifs is 3. The van der Waals surface area contributed by atoms with E-state index >= 15 is 0 Å². The second-order valence-electron chi connectivity index (χ2n) is 7.80. The van der Waals surface area contributed by atoms with E-state index in [1.807, 2.05) is 12.1 Å². The minimum Gasteiger partial charge on any atom is -0.323 e. The van der Waals surface area contributed by atoms with E-state index < -0.39 is 0 Å². The number of halogens is 1. The number of anilines is 1. The second-order valence-corrected chi connectivity index (χ2v) is 9.29. The van der Waals surface area contributed by atoms with Gasteiger partial charge in [0.05, 0.1) is 22.6 Å². The molecule has 2 heterocycles. The van der Waals surface area contributed by atoms with Crippen molar-refractivity contribution < 1.29 is 4.79 Å². The molecule has 2 aromatic heterocycles. The van der Waals surface area contributed by atoms with Crippen LogP contribution in [-0.4, -0.2) is 33.4 Å². The molecule has 0 radical (unpaired) electrons. The fourth-order valence-electron chi connectivity index (χ4n) is 4.11. The molecule has 1 amide bonds. The van der Waals surface area contributed by atoms with Crippen LogP contribution in [0.15, 0.2) is 29.1 Å². The Balaban J connectivity index is 1.75. The van der Waals surface area contributed by atoms with E-state index in [2.05, 4.69) is 24.1 Å². The summed E-state index contributed by atoms with van der Waals surface area (Å²) in [6.45, 7) is 6.29. The predicted molar refractivity (Wildman–Crippen MR) is 127 cm³/mol. The first-order valence-electron chi connectivity index (χ1n) is 10.8. The molecule has 0 saturated heterocycles. The van der Waals surface area contributed by atoms with Crippen LogP contribution in [0.3, 0.4) is 0 Å². The highest BCUT2D eigenvalue weighted by molar-refractivity contribution is 7.18. The SMILES string of the molecule is CCN(CC)Cc1nc2sc3c(c2c(=O)n1CC(=O)Nc1ccccc1Cl)CCCC3. The highest BCUT2D eigenvalue weighted by atomic mass is 35.5. The maximum Gasteiger partial charge on any atom is 0.263 e. The molecule has 0 saturated carbocycles. The van der Waals surface area contributed by atoms with Gasteiger partial charge in [-0.1, -0.05) is 37.6 Å². The summed E-state index contributed by atoms with van der Waals surface area (Å²) in [5.74, 6) is 0.343. The number of carbonyl (C=O) groups is 1. The number of thiophene rings is 1. The van der Waals surface area contributed by atoms with Crippen molar-refractivity contribution in [3.63, 3.8) is 0 Å². The number of hydrogen-bond donors (Lipinski definition) is 1. The first kappa shape index (κ1) is 22.0. The lowest BCUT2D eigenvalue weighted by Gasteiger charge is -2.20. The summed E-state index contributed by atoms with van der Waals surface area (Å²) in [7, 11) is 0. The maximum atomic E-state index is 13.6. The Bertz CT molecular complexity index is 1170. The van der Waals surface area contributed by atoms with E-state index in [4.69, 9.17) is 16.6 Å². The number of carbonyl (C=O) groups excluding carboxylic acids is 1. The molecule has 0 atom stereocenters. The maximum absolute atomic E-state index is 13.6. The Morgan fingerprint density at radius 1 is 1.23 bits per heavy atom. The van der Waals surface area contributed by atoms with E-state index in [1.54, 1.807) is 28.0 Å². The van der Waals surface area contributed by atoms with Gasteiger partial charge in [-0.3, -0.25) is 19.1 Å². The van der Waals surface area contributed by atoms with Gasteiger partial charge in [0.1, 0.15) is 17.2 Å². The van der Waals surface area contributed by atoms with Gasteiger partial charge in [0, 0.05) is 4.88 Å². The molecule has 31 heavy (non-hydrogen) atoms. The average molecular weight is 459 g/mol. The van der Waals surface area contributed by atoms with Crippen LogP contribution in [0.4, 0.5) is 5.69 Å². The molecule has 164 valence electrons. The van der Waals surface area contributed by atoms with Crippen LogP contribution in [0.1, 0.15) is 43.0 Å². The van der Waals surface area contributed by atoms with Crippen LogP contribution in [0.25, 0.3) is 10.2 Å². The minimum atomic E-state index is -0.291. The average Bonchev–Trinajstić information content (AvgIpc) is 3.14. The van der Waals surface area contributed by atoms with Crippen LogP contribution in [0, 0.1) is 0 Å². The van der Waals surface area contributed by atoms with Gasteiger partial charge in [0.2, 0.25) is 5.91 Å². The number of nitrogens with one attached hydrogen (secondary N) is 1. The summed E-state index contributed by atoms with van der Waals surface area (Å²) in [6, 6.07) is 7.09. The third-order valence-corrected chi connectivity index (χ3v) is 7.38. The quantitative estimate of drug-likeness (QED) is 0.567. The molecule has 6 nitrogen and oxygen atoms in total. The summed E-state index contributed by atoms with van der Waals surface area (Å²) in [6.07, 6.45) is 4.16. The fraction of sp³-hybridized carbons (Fsp3) is 0.435. The lowest BCUT2D eigenvalue weighted by atomic mass is 9.97. The Hall–Kier alpha value is -2.22. The number of aromatic nitrogens is 2. The Morgan fingerprint density at radius 2 is 1.97 bits per heavy atom. The Labute approximate surface area is 190 Å². The summed E-state index contributed by atoms with van der Waals surface area (Å²) < 4.78 is 1.55. The third kappa shape index (κ3) is 4.54. The van der Waals surface area contributed by atoms with Crippen LogP contribution in [0.2, 0.25) is 5.02 Å². The minimum absolute atomic E-state index is 0.0891. The van der Waals surface area contributed by atoms with Gasteiger partial charge in [-0.2, -0.15) is 0 Å². The molecule has 1 aliphatic rings. The lowest BCUT2D eigenvalue weighted by molar-refractivity contribution is -0.116. The molecular weight excluding hydrogens is 432 g/mol. The highest BCUT2D eigenvalue weighted by Gasteiger charge is 2.23. The fourth-order valence-corrected chi connectivity index (χ4v) is 5.56. The zero-order valence-corrected chi connectivity index (χ0v) is 19.5. The van der Waals surface area contributed by atoms with Crippen LogP contribution in [0.5, 0.6) is 0 Å². The number of aryl methyl sites for hydroxylation is 2. The molecule has 0 bridgehead atoms. The first-order chi connectivity index (χ1) is 15.0. The van der Waals surface area contributed by atoms with Crippen molar-refractivity contribution in [3.8, 4) is 0 Å². The number of benzene rings is 1. The van der Waals surface area contributed by atoms with Gasteiger partial charge in [-0.05, 0) is 56.5 Å². The van der Waals surface area contributed by atoms with E-state index in [0.717, 1.165) is 49.2 Å². The standard InChI is InChI=1S/C23H27ClN4O2S/c1-3-27(4-2)13-19-26-22-21(15-9-5-8-12-18(15)31-22)23(30)28(19)14-20(29)25-17-11-7-6-10-16(17)24/h6-7,10-11H,3-5,8-9,12-14H2,1-2H3,(H,25,29). The Kier molecular flexibility index (Phi) is 6.74. The molecule has 4 rings (SSSR count). The zero-order chi connectivity index (χ0) is 22.0. The van der Waals surface area contributed by atoms with Gasteiger partial charge in [-0.15, -0.1) is 11.3 Å². The number of para-hydroxylation sites is 1. The van der Waals surface area contributed by atoms with Crippen molar-refractivity contribution in [2.45, 2.75) is 52.6 Å². The molecule has 1 aromatic carbocycles. The normalized spacial score (nSPS) is 13.5. The summed E-state index contributed by atoms with van der Waals surface area (Å²) in [4.78, 5) is 35.6. The first-order valence-corrected chi connectivity index (χ1v) is 12.0. The third-order valence-electron chi connectivity index (χ3n) is 5.86. The Morgan fingerprint density at radius 3 is 2.71 bits per heavy atom. The monoisotopic (exact) mass is 458 g/mol. The molecule has 0 fully saturated rings. The molecule has 1 aliphatic carbocycles. The highest BCUT2D eigenvalue weighted by Crippen LogP contribution is 2.34. The van der Waals surface area contributed by atoms with Crippen LogP contribution < -0.4 is 10.9 Å². The van der Waals surface area contributed by atoms with E-state index in [9.17, 15) is 9.59 Å². The number of rotatable bonds is 7. The van der Waals surface area contributed by atoms with Crippen LogP contribution in [-0.2, 0) is 30.7 Å². The second kappa shape index (κ2) is 9.51. The van der Waals surface area contributed by atoms with E-state index in [0.29, 0.717) is 28.5 Å². The number of amides is 1. The van der Waals surface area contributed by atoms with Gasteiger partial charge in [0.15, 0.2) is 0 Å². The van der Waals surface area contributed by atoms with Crippen molar-refractivity contribution in [3.05, 3.63) is 55.9 Å². The van der Waals surface area contributed by atoms with Gasteiger partial charge < -0.3 is 5.32 Å². The number of nitrogens with zero attached hydrogens (tertiary/aromatic N) is 3. The molecule has 1 N–H and O–H groups in total. The smallest absolute Gasteiger partial charge is 0.263 e.